The number of fused-ring (bicyclic) bond motifs is 1. The summed E-state index contributed by atoms with van der Waals surface area (Å²) in [6.45, 7) is 4.38. The molecular formula is C26H24N4O2. The predicted molar refractivity (Wildman–Crippen MR) is 128 cm³/mol. The van der Waals surface area contributed by atoms with Crippen LogP contribution in [-0.2, 0) is 0 Å². The summed E-state index contributed by atoms with van der Waals surface area (Å²) in [5.74, 6) is 0.349. The average Bonchev–Trinajstić information content (AvgIpc) is 3.27. The molecule has 1 unspecified atom stereocenters. The topological polar surface area (TPSA) is 67.2 Å². The van der Waals surface area contributed by atoms with Crippen LogP contribution in [0.1, 0.15) is 23.8 Å². The van der Waals surface area contributed by atoms with Crippen molar-refractivity contribution in [1.29, 1.82) is 0 Å². The first kappa shape index (κ1) is 20.0. The zero-order chi connectivity index (χ0) is 22.1. The van der Waals surface area contributed by atoms with Crippen molar-refractivity contribution in [1.82, 2.24) is 9.78 Å². The molecule has 1 aliphatic heterocycles. The summed E-state index contributed by atoms with van der Waals surface area (Å²) in [7, 11) is 0. The molecule has 1 amide bonds. The molecule has 0 spiro atoms. The highest BCUT2D eigenvalue weighted by atomic mass is 16.2. The highest BCUT2D eigenvalue weighted by Gasteiger charge is 2.20. The van der Waals surface area contributed by atoms with Crippen molar-refractivity contribution in [3.8, 4) is 5.69 Å². The number of nitrogens with zero attached hydrogens (tertiary/aromatic N) is 3. The summed E-state index contributed by atoms with van der Waals surface area (Å²) < 4.78 is 1.29. The number of benzene rings is 3. The first-order valence-corrected chi connectivity index (χ1v) is 10.8. The summed E-state index contributed by atoms with van der Waals surface area (Å²) in [5.41, 5.74) is 2.42. The zero-order valence-electron chi connectivity index (χ0n) is 17.9. The molecule has 0 radical (unpaired) electrons. The molecule has 0 bridgehead atoms. The number of nitrogens with one attached hydrogen (secondary N) is 1. The van der Waals surface area contributed by atoms with Gasteiger partial charge in [-0.2, -0.15) is 9.78 Å². The van der Waals surface area contributed by atoms with Gasteiger partial charge < -0.3 is 10.2 Å². The predicted octanol–water partition coefficient (Wildman–Crippen LogP) is 4.48. The number of rotatable bonds is 4. The standard InChI is InChI=1S/C26H24N4O2/c1-18-15-16-29(17-18)20-13-11-19(12-14-20)27-25(31)24-22-9-5-6-10-23(22)26(32)30(28-24)21-7-3-2-4-8-21/h2-14,18H,15-17H2,1H3,(H,27,31). The van der Waals surface area contributed by atoms with Gasteiger partial charge in [-0.25, -0.2) is 0 Å². The van der Waals surface area contributed by atoms with E-state index < -0.39 is 0 Å². The Hall–Kier alpha value is -3.93. The molecule has 6 nitrogen and oxygen atoms in total. The van der Waals surface area contributed by atoms with Crippen molar-refractivity contribution >= 4 is 28.1 Å². The van der Waals surface area contributed by atoms with Gasteiger partial charge in [-0.05, 0) is 54.8 Å². The summed E-state index contributed by atoms with van der Waals surface area (Å²) in [6, 6.07) is 24.1. The molecule has 1 fully saturated rings. The lowest BCUT2D eigenvalue weighted by Gasteiger charge is -2.18. The average molecular weight is 425 g/mol. The second-order valence-corrected chi connectivity index (χ2v) is 8.29. The van der Waals surface area contributed by atoms with Crippen molar-refractivity contribution < 1.29 is 4.79 Å². The smallest absolute Gasteiger partial charge is 0.279 e. The molecule has 1 aromatic heterocycles. The van der Waals surface area contributed by atoms with E-state index in [0.29, 0.717) is 28.1 Å². The lowest BCUT2D eigenvalue weighted by Crippen LogP contribution is -2.26. The molecular weight excluding hydrogens is 400 g/mol. The molecule has 5 rings (SSSR count). The summed E-state index contributed by atoms with van der Waals surface area (Å²) in [4.78, 5) is 28.6. The summed E-state index contributed by atoms with van der Waals surface area (Å²) in [6.07, 6.45) is 1.20. The number of anilines is 2. The van der Waals surface area contributed by atoms with E-state index in [1.807, 2.05) is 42.5 Å². The largest absolute Gasteiger partial charge is 0.371 e. The quantitative estimate of drug-likeness (QED) is 0.524. The van der Waals surface area contributed by atoms with Gasteiger partial charge in [0.15, 0.2) is 5.69 Å². The van der Waals surface area contributed by atoms with Gasteiger partial charge in [0.1, 0.15) is 0 Å². The van der Waals surface area contributed by atoms with Gasteiger partial charge in [-0.1, -0.05) is 43.3 Å². The minimum atomic E-state index is -0.353. The minimum absolute atomic E-state index is 0.210. The normalized spacial score (nSPS) is 15.8. The number of aromatic nitrogens is 2. The van der Waals surface area contributed by atoms with Gasteiger partial charge in [-0.3, -0.25) is 9.59 Å². The molecule has 1 N–H and O–H groups in total. The number of amides is 1. The lowest BCUT2D eigenvalue weighted by molar-refractivity contribution is 0.102. The van der Waals surface area contributed by atoms with Crippen molar-refractivity contribution in [3.05, 3.63) is 94.9 Å². The highest BCUT2D eigenvalue weighted by Crippen LogP contribution is 2.25. The van der Waals surface area contributed by atoms with E-state index in [1.165, 1.54) is 11.1 Å². The van der Waals surface area contributed by atoms with Gasteiger partial charge in [0, 0.05) is 29.9 Å². The van der Waals surface area contributed by atoms with E-state index in [4.69, 9.17) is 0 Å². The van der Waals surface area contributed by atoms with Crippen LogP contribution in [0.3, 0.4) is 0 Å². The fraction of sp³-hybridized carbons (Fsp3) is 0.192. The maximum Gasteiger partial charge on any atom is 0.279 e. The van der Waals surface area contributed by atoms with Crippen LogP contribution in [0.15, 0.2) is 83.7 Å². The fourth-order valence-electron chi connectivity index (χ4n) is 4.22. The Bertz CT molecular complexity index is 1330. The first-order valence-electron chi connectivity index (χ1n) is 10.8. The zero-order valence-corrected chi connectivity index (χ0v) is 17.9. The van der Waals surface area contributed by atoms with Gasteiger partial charge in [-0.15, -0.1) is 0 Å². The van der Waals surface area contributed by atoms with E-state index in [9.17, 15) is 9.59 Å². The van der Waals surface area contributed by atoms with Crippen molar-refractivity contribution in [2.45, 2.75) is 13.3 Å². The van der Waals surface area contributed by atoms with Gasteiger partial charge in [0.2, 0.25) is 0 Å². The molecule has 3 aromatic carbocycles. The maximum absolute atomic E-state index is 13.2. The second kappa shape index (κ2) is 8.30. The van der Waals surface area contributed by atoms with E-state index in [-0.39, 0.29) is 17.2 Å². The first-order chi connectivity index (χ1) is 15.6. The maximum atomic E-state index is 13.2. The summed E-state index contributed by atoms with van der Waals surface area (Å²) >= 11 is 0. The Morgan fingerprint density at radius 3 is 2.28 bits per heavy atom. The van der Waals surface area contributed by atoms with Crippen LogP contribution in [-0.4, -0.2) is 28.8 Å². The number of carbonyl (C=O) groups excluding carboxylic acids is 1. The molecule has 32 heavy (non-hydrogen) atoms. The van der Waals surface area contributed by atoms with Crippen LogP contribution >= 0.6 is 0 Å². The van der Waals surface area contributed by atoms with E-state index in [2.05, 4.69) is 22.2 Å². The van der Waals surface area contributed by atoms with Gasteiger partial charge in [0.05, 0.1) is 11.1 Å². The summed E-state index contributed by atoms with van der Waals surface area (Å²) in [5, 5.41) is 8.37. The molecule has 2 heterocycles. The van der Waals surface area contributed by atoms with Crippen molar-refractivity contribution in [3.63, 3.8) is 0 Å². The number of carbonyl (C=O) groups is 1. The van der Waals surface area contributed by atoms with Crippen molar-refractivity contribution in [2.75, 3.05) is 23.3 Å². The van der Waals surface area contributed by atoms with Gasteiger partial charge in [0.25, 0.3) is 11.5 Å². The SMILES string of the molecule is CC1CCN(c2ccc(NC(=O)c3nn(-c4ccccc4)c(=O)c4ccccc34)cc2)C1. The molecule has 0 aliphatic carbocycles. The van der Waals surface area contributed by atoms with E-state index in [1.54, 1.807) is 36.4 Å². The molecule has 1 atom stereocenters. The van der Waals surface area contributed by atoms with Gasteiger partial charge >= 0.3 is 0 Å². The van der Waals surface area contributed by atoms with Crippen LogP contribution in [0, 0.1) is 5.92 Å². The Morgan fingerprint density at radius 1 is 0.906 bits per heavy atom. The lowest BCUT2D eigenvalue weighted by atomic mass is 10.1. The number of hydrogen-bond donors (Lipinski definition) is 1. The van der Waals surface area contributed by atoms with Crippen LogP contribution in [0.5, 0.6) is 0 Å². The van der Waals surface area contributed by atoms with Crippen LogP contribution < -0.4 is 15.8 Å². The molecule has 160 valence electrons. The van der Waals surface area contributed by atoms with Crippen LogP contribution in [0.2, 0.25) is 0 Å². The fourth-order valence-corrected chi connectivity index (χ4v) is 4.22. The number of para-hydroxylation sites is 1. The monoisotopic (exact) mass is 424 g/mol. The Morgan fingerprint density at radius 2 is 1.59 bits per heavy atom. The Balaban J connectivity index is 1.48. The third kappa shape index (κ3) is 3.75. The third-order valence-electron chi connectivity index (χ3n) is 5.94. The van der Waals surface area contributed by atoms with E-state index in [0.717, 1.165) is 18.8 Å². The van der Waals surface area contributed by atoms with Crippen LogP contribution in [0.4, 0.5) is 11.4 Å². The van der Waals surface area contributed by atoms with Crippen molar-refractivity contribution in [2.24, 2.45) is 5.92 Å². The molecule has 4 aromatic rings. The molecule has 0 saturated carbocycles. The van der Waals surface area contributed by atoms with E-state index >= 15 is 0 Å². The molecule has 6 heteroatoms. The third-order valence-corrected chi connectivity index (χ3v) is 5.94. The number of hydrogen-bond acceptors (Lipinski definition) is 4. The Kier molecular flexibility index (Phi) is 5.19. The Labute approximate surface area is 186 Å². The molecule has 1 aliphatic rings. The molecule has 1 saturated heterocycles. The van der Waals surface area contributed by atoms with Crippen LogP contribution in [0.25, 0.3) is 16.5 Å². The minimum Gasteiger partial charge on any atom is -0.371 e. The second-order valence-electron chi connectivity index (χ2n) is 8.29. The highest BCUT2D eigenvalue weighted by molar-refractivity contribution is 6.11.